The number of carboxylic acids is 1. The van der Waals surface area contributed by atoms with Gasteiger partial charge < -0.3 is 25.2 Å². The number of carboxylic acid groups (broad SMARTS) is 1. The van der Waals surface area contributed by atoms with Gasteiger partial charge in [0, 0.05) is 18.4 Å². The Kier molecular flexibility index (Phi) is 9.91. The van der Waals surface area contributed by atoms with Crippen molar-refractivity contribution in [3.05, 3.63) is 95.6 Å². The van der Waals surface area contributed by atoms with E-state index in [9.17, 15) is 14.4 Å². The van der Waals surface area contributed by atoms with Gasteiger partial charge in [-0.05, 0) is 54.5 Å². The summed E-state index contributed by atoms with van der Waals surface area (Å²) in [4.78, 5) is 37.1. The molecule has 0 bridgehead atoms. The highest BCUT2D eigenvalue weighted by Gasteiger charge is 2.32. The zero-order valence-electron chi connectivity index (χ0n) is 22.8. The van der Waals surface area contributed by atoms with E-state index < -0.39 is 30.1 Å². The highest BCUT2D eigenvalue weighted by molar-refractivity contribution is 5.86. The molecule has 4 rings (SSSR count). The lowest BCUT2D eigenvalue weighted by Gasteiger charge is -2.26. The monoisotopic (exact) mass is 544 g/mol. The van der Waals surface area contributed by atoms with Gasteiger partial charge in [-0.25, -0.2) is 4.79 Å². The van der Waals surface area contributed by atoms with Gasteiger partial charge in [-0.15, -0.1) is 0 Å². The van der Waals surface area contributed by atoms with Crippen molar-refractivity contribution in [1.82, 2.24) is 10.6 Å². The number of carbonyl (C=O) groups is 3. The first kappa shape index (κ1) is 28.8. The molecule has 0 heterocycles. The van der Waals surface area contributed by atoms with E-state index in [1.54, 1.807) is 13.8 Å². The smallest absolute Gasteiger partial charge is 0.407 e. The van der Waals surface area contributed by atoms with Crippen molar-refractivity contribution in [3.63, 3.8) is 0 Å². The van der Waals surface area contributed by atoms with Crippen molar-refractivity contribution < 1.29 is 29.0 Å². The maximum Gasteiger partial charge on any atom is 0.407 e. The SMILES string of the molecule is CC(CCCC(=O)O)NC(=O)[C@H](NC(=O)OCC1c2ccccc2-c2ccccc21)[C@H](C)OCc1ccccc1. The summed E-state index contributed by atoms with van der Waals surface area (Å²) in [6.45, 7) is 3.93. The van der Waals surface area contributed by atoms with Crippen LogP contribution in [0.25, 0.3) is 11.1 Å². The molecule has 8 heteroatoms. The first-order valence-electron chi connectivity index (χ1n) is 13.6. The normalized spacial score (nSPS) is 14.3. The molecule has 3 atom stereocenters. The molecule has 3 aromatic carbocycles. The minimum Gasteiger partial charge on any atom is -0.481 e. The van der Waals surface area contributed by atoms with Crippen LogP contribution in [0.15, 0.2) is 78.9 Å². The lowest BCUT2D eigenvalue weighted by molar-refractivity contribution is -0.137. The number of aliphatic carboxylic acids is 1. The van der Waals surface area contributed by atoms with Gasteiger partial charge in [0.2, 0.25) is 5.91 Å². The minimum atomic E-state index is -1.01. The predicted octanol–water partition coefficient (Wildman–Crippen LogP) is 5.26. The van der Waals surface area contributed by atoms with E-state index in [2.05, 4.69) is 22.8 Å². The van der Waals surface area contributed by atoms with Crippen molar-refractivity contribution in [3.8, 4) is 11.1 Å². The first-order chi connectivity index (χ1) is 19.3. The number of rotatable bonds is 13. The van der Waals surface area contributed by atoms with Gasteiger partial charge in [0.25, 0.3) is 0 Å². The molecule has 1 unspecified atom stereocenters. The molecule has 8 nitrogen and oxygen atoms in total. The number of ether oxygens (including phenoxy) is 2. The van der Waals surface area contributed by atoms with Crippen LogP contribution in [-0.2, 0) is 25.7 Å². The van der Waals surface area contributed by atoms with Crippen LogP contribution in [0.3, 0.4) is 0 Å². The van der Waals surface area contributed by atoms with Gasteiger partial charge in [0.15, 0.2) is 0 Å². The minimum absolute atomic E-state index is 0.0260. The number of hydrogen-bond donors (Lipinski definition) is 3. The number of hydrogen-bond acceptors (Lipinski definition) is 5. The van der Waals surface area contributed by atoms with Crippen molar-refractivity contribution in [2.45, 2.75) is 63.8 Å². The quantitative estimate of drug-likeness (QED) is 0.271. The highest BCUT2D eigenvalue weighted by atomic mass is 16.5. The Labute approximate surface area is 234 Å². The summed E-state index contributed by atoms with van der Waals surface area (Å²) in [6, 6.07) is 24.4. The molecule has 210 valence electrons. The predicted molar refractivity (Wildman–Crippen MR) is 152 cm³/mol. The molecule has 3 aromatic rings. The number of carbonyl (C=O) groups excluding carboxylic acids is 2. The average Bonchev–Trinajstić information content (AvgIpc) is 3.27. The average molecular weight is 545 g/mol. The van der Waals surface area contributed by atoms with Gasteiger partial charge in [-0.1, -0.05) is 78.9 Å². The molecule has 0 saturated heterocycles. The van der Waals surface area contributed by atoms with E-state index in [0.29, 0.717) is 12.8 Å². The second kappa shape index (κ2) is 13.8. The molecule has 0 radical (unpaired) electrons. The maximum atomic E-state index is 13.2. The van der Waals surface area contributed by atoms with E-state index in [0.717, 1.165) is 27.8 Å². The van der Waals surface area contributed by atoms with E-state index in [-0.39, 0.29) is 31.6 Å². The summed E-state index contributed by atoms with van der Waals surface area (Å²) in [6.07, 6.45) is -0.420. The van der Waals surface area contributed by atoms with Crippen molar-refractivity contribution in [2.24, 2.45) is 0 Å². The molecular formula is C32H36N2O6. The van der Waals surface area contributed by atoms with E-state index in [4.69, 9.17) is 14.6 Å². The summed E-state index contributed by atoms with van der Waals surface area (Å²) >= 11 is 0. The molecular weight excluding hydrogens is 508 g/mol. The van der Waals surface area contributed by atoms with Crippen LogP contribution in [0.1, 0.15) is 55.7 Å². The van der Waals surface area contributed by atoms with Crippen LogP contribution >= 0.6 is 0 Å². The lowest BCUT2D eigenvalue weighted by atomic mass is 9.98. The Morgan fingerprint density at radius 2 is 1.45 bits per heavy atom. The maximum absolute atomic E-state index is 13.2. The van der Waals surface area contributed by atoms with Crippen molar-refractivity contribution in [2.75, 3.05) is 6.61 Å². The zero-order chi connectivity index (χ0) is 28.5. The highest BCUT2D eigenvalue weighted by Crippen LogP contribution is 2.44. The Morgan fingerprint density at radius 1 is 0.850 bits per heavy atom. The van der Waals surface area contributed by atoms with Gasteiger partial charge in [0.1, 0.15) is 12.6 Å². The molecule has 2 amide bonds. The fourth-order valence-electron chi connectivity index (χ4n) is 5.03. The summed E-state index contributed by atoms with van der Waals surface area (Å²) in [5.74, 6) is -1.40. The van der Waals surface area contributed by atoms with Crippen molar-refractivity contribution in [1.29, 1.82) is 0 Å². The molecule has 3 N–H and O–H groups in total. The third kappa shape index (κ3) is 7.48. The number of benzene rings is 3. The van der Waals surface area contributed by atoms with Crippen LogP contribution in [-0.4, -0.2) is 47.9 Å². The molecule has 1 aliphatic rings. The molecule has 0 aliphatic heterocycles. The fourth-order valence-corrected chi connectivity index (χ4v) is 5.03. The molecule has 0 fully saturated rings. The van der Waals surface area contributed by atoms with E-state index in [1.165, 1.54) is 0 Å². The Bertz CT molecular complexity index is 1270. The molecule has 0 spiro atoms. The molecule has 0 saturated carbocycles. The summed E-state index contributed by atoms with van der Waals surface area (Å²) in [5.41, 5.74) is 5.39. The van der Waals surface area contributed by atoms with Crippen LogP contribution in [0, 0.1) is 0 Å². The summed E-state index contributed by atoms with van der Waals surface area (Å²) in [7, 11) is 0. The molecule has 40 heavy (non-hydrogen) atoms. The third-order valence-corrected chi connectivity index (χ3v) is 7.14. The number of nitrogens with one attached hydrogen (secondary N) is 2. The van der Waals surface area contributed by atoms with Crippen LogP contribution < -0.4 is 10.6 Å². The van der Waals surface area contributed by atoms with Gasteiger partial charge in [-0.3, -0.25) is 9.59 Å². The van der Waals surface area contributed by atoms with Crippen LogP contribution in [0.2, 0.25) is 0 Å². The standard InChI is InChI=1S/C32H36N2O6/c1-21(11-10-18-29(35)36)33-31(37)30(22(2)39-19-23-12-4-3-5-13-23)34-32(38)40-20-28-26-16-8-6-14-24(26)25-15-7-9-17-27(25)28/h3-9,12-17,21-22,28,30H,10-11,18-20H2,1-2H3,(H,33,37)(H,34,38)(H,35,36)/t21?,22-,30+/m0/s1. The first-order valence-corrected chi connectivity index (χ1v) is 13.6. The van der Waals surface area contributed by atoms with Crippen molar-refractivity contribution >= 4 is 18.0 Å². The number of alkyl carbamates (subject to hydrolysis) is 1. The van der Waals surface area contributed by atoms with E-state index in [1.807, 2.05) is 66.7 Å². The van der Waals surface area contributed by atoms with E-state index >= 15 is 0 Å². The fraction of sp³-hybridized carbons (Fsp3) is 0.344. The Hall–Kier alpha value is -4.17. The van der Waals surface area contributed by atoms with Gasteiger partial charge >= 0.3 is 12.1 Å². The largest absolute Gasteiger partial charge is 0.481 e. The summed E-state index contributed by atoms with van der Waals surface area (Å²) < 4.78 is 11.6. The molecule has 1 aliphatic carbocycles. The molecule has 0 aromatic heterocycles. The topological polar surface area (TPSA) is 114 Å². The second-order valence-corrected chi connectivity index (χ2v) is 10.1. The van der Waals surface area contributed by atoms with Crippen LogP contribution in [0.4, 0.5) is 4.79 Å². The van der Waals surface area contributed by atoms with Gasteiger partial charge in [0.05, 0.1) is 12.7 Å². The Balaban J connectivity index is 1.40. The van der Waals surface area contributed by atoms with Crippen LogP contribution in [0.5, 0.6) is 0 Å². The van der Waals surface area contributed by atoms with Gasteiger partial charge in [-0.2, -0.15) is 0 Å². The lowest BCUT2D eigenvalue weighted by Crippen LogP contribution is -2.54. The third-order valence-electron chi connectivity index (χ3n) is 7.14. The zero-order valence-corrected chi connectivity index (χ0v) is 22.8. The second-order valence-electron chi connectivity index (χ2n) is 10.1. The summed E-state index contributed by atoms with van der Waals surface area (Å²) in [5, 5.41) is 14.5. The Morgan fingerprint density at radius 3 is 2.08 bits per heavy atom. The number of amides is 2. The number of fused-ring (bicyclic) bond motifs is 3.